The third kappa shape index (κ3) is 2.57. The zero-order chi connectivity index (χ0) is 8.97. The summed E-state index contributed by atoms with van der Waals surface area (Å²) in [5, 5.41) is 0.857. The minimum absolute atomic E-state index is 0.267. The predicted molar refractivity (Wildman–Crippen MR) is 51.9 cm³/mol. The SMILES string of the molecule is ClCC#Cc1cc(Cl)cnc1Cl. The highest BCUT2D eigenvalue weighted by molar-refractivity contribution is 6.32. The van der Waals surface area contributed by atoms with Crippen LogP contribution in [-0.4, -0.2) is 10.9 Å². The Morgan fingerprint density at radius 1 is 1.42 bits per heavy atom. The van der Waals surface area contributed by atoms with Gasteiger partial charge in [-0.15, -0.1) is 11.6 Å². The molecular formula is C8H4Cl3N. The number of hydrogen-bond acceptors (Lipinski definition) is 1. The molecule has 0 fully saturated rings. The molecule has 1 rings (SSSR count). The summed E-state index contributed by atoms with van der Waals surface area (Å²) in [5.74, 6) is 5.67. The fourth-order valence-corrected chi connectivity index (χ4v) is 1.01. The quantitative estimate of drug-likeness (QED) is 0.372. The topological polar surface area (TPSA) is 12.9 Å². The summed E-state index contributed by atoms with van der Waals surface area (Å²) in [5.41, 5.74) is 0.602. The number of alkyl halides is 1. The van der Waals surface area contributed by atoms with Gasteiger partial charge in [-0.05, 0) is 6.07 Å². The number of pyridine rings is 1. The largest absolute Gasteiger partial charge is 0.242 e. The highest BCUT2D eigenvalue weighted by atomic mass is 35.5. The van der Waals surface area contributed by atoms with Crippen molar-refractivity contribution in [1.29, 1.82) is 0 Å². The number of rotatable bonds is 0. The van der Waals surface area contributed by atoms with Gasteiger partial charge in [0, 0.05) is 6.20 Å². The Bertz CT molecular complexity index is 338. The summed E-state index contributed by atoms with van der Waals surface area (Å²) in [6.07, 6.45) is 1.47. The van der Waals surface area contributed by atoms with Crippen molar-refractivity contribution in [3.05, 3.63) is 28.0 Å². The second-order valence-corrected chi connectivity index (χ2v) is 2.99. The van der Waals surface area contributed by atoms with Crippen LogP contribution in [0, 0.1) is 11.8 Å². The van der Waals surface area contributed by atoms with E-state index in [9.17, 15) is 0 Å². The van der Waals surface area contributed by atoms with E-state index in [1.165, 1.54) is 6.20 Å². The van der Waals surface area contributed by atoms with Crippen molar-refractivity contribution < 1.29 is 0 Å². The van der Waals surface area contributed by atoms with E-state index in [0.717, 1.165) is 0 Å². The fraction of sp³-hybridized carbons (Fsp3) is 0.125. The fourth-order valence-electron chi connectivity index (χ4n) is 0.639. The predicted octanol–water partition coefficient (Wildman–Crippen LogP) is 2.98. The molecule has 0 aromatic carbocycles. The van der Waals surface area contributed by atoms with Gasteiger partial charge in [-0.25, -0.2) is 4.98 Å². The van der Waals surface area contributed by atoms with Crippen LogP contribution in [0.25, 0.3) is 0 Å². The van der Waals surface area contributed by atoms with Crippen molar-refractivity contribution in [3.8, 4) is 11.8 Å². The van der Waals surface area contributed by atoms with Crippen molar-refractivity contribution in [2.24, 2.45) is 0 Å². The maximum Gasteiger partial charge on any atom is 0.144 e. The van der Waals surface area contributed by atoms with Crippen LogP contribution in [0.15, 0.2) is 12.3 Å². The van der Waals surface area contributed by atoms with Crippen molar-refractivity contribution >= 4 is 34.8 Å². The van der Waals surface area contributed by atoms with Gasteiger partial charge < -0.3 is 0 Å². The third-order valence-corrected chi connectivity index (χ3v) is 1.74. The summed E-state index contributed by atoms with van der Waals surface area (Å²) in [6.45, 7) is 0. The van der Waals surface area contributed by atoms with E-state index in [0.29, 0.717) is 15.7 Å². The standard InChI is InChI=1S/C8H4Cl3N/c9-3-1-2-6-4-7(10)5-12-8(6)11/h4-5H,3H2. The molecule has 0 unspecified atom stereocenters. The molecule has 62 valence electrons. The van der Waals surface area contributed by atoms with Crippen LogP contribution in [0.4, 0.5) is 0 Å². The molecule has 1 aromatic heterocycles. The van der Waals surface area contributed by atoms with Crippen molar-refractivity contribution in [1.82, 2.24) is 4.98 Å². The molecule has 0 aliphatic carbocycles. The number of nitrogens with zero attached hydrogens (tertiary/aromatic N) is 1. The van der Waals surface area contributed by atoms with E-state index in [1.807, 2.05) is 0 Å². The Labute approximate surface area is 85.7 Å². The first-order valence-corrected chi connectivity index (χ1v) is 4.39. The van der Waals surface area contributed by atoms with Crippen LogP contribution >= 0.6 is 34.8 Å². The highest BCUT2D eigenvalue weighted by Crippen LogP contribution is 2.15. The average Bonchev–Trinajstić information content (AvgIpc) is 2.07. The van der Waals surface area contributed by atoms with Gasteiger partial charge in [0.2, 0.25) is 0 Å². The Morgan fingerprint density at radius 2 is 2.17 bits per heavy atom. The van der Waals surface area contributed by atoms with Gasteiger partial charge in [-0.2, -0.15) is 0 Å². The Morgan fingerprint density at radius 3 is 2.83 bits per heavy atom. The molecule has 0 N–H and O–H groups in total. The van der Waals surface area contributed by atoms with E-state index in [4.69, 9.17) is 34.8 Å². The average molecular weight is 220 g/mol. The molecule has 1 nitrogen and oxygen atoms in total. The molecule has 1 aromatic rings. The monoisotopic (exact) mass is 219 g/mol. The van der Waals surface area contributed by atoms with E-state index in [2.05, 4.69) is 16.8 Å². The van der Waals surface area contributed by atoms with Crippen LogP contribution < -0.4 is 0 Å². The van der Waals surface area contributed by atoms with Crippen molar-refractivity contribution in [3.63, 3.8) is 0 Å². The summed E-state index contributed by atoms with van der Waals surface area (Å²) in [4.78, 5) is 3.82. The van der Waals surface area contributed by atoms with Gasteiger partial charge in [0.05, 0.1) is 16.5 Å². The second-order valence-electron chi connectivity index (χ2n) is 1.93. The van der Waals surface area contributed by atoms with E-state index >= 15 is 0 Å². The van der Waals surface area contributed by atoms with E-state index in [-0.39, 0.29) is 5.88 Å². The molecule has 0 amide bonds. The maximum absolute atomic E-state index is 5.72. The van der Waals surface area contributed by atoms with Crippen LogP contribution in [0.3, 0.4) is 0 Å². The summed E-state index contributed by atoms with van der Waals surface area (Å²) in [6, 6.07) is 1.65. The van der Waals surface area contributed by atoms with Gasteiger partial charge >= 0.3 is 0 Å². The lowest BCUT2D eigenvalue weighted by Gasteiger charge is -1.93. The van der Waals surface area contributed by atoms with Crippen molar-refractivity contribution in [2.75, 3.05) is 5.88 Å². The first kappa shape index (κ1) is 9.67. The normalized spacial score (nSPS) is 8.92. The molecule has 4 heteroatoms. The maximum atomic E-state index is 5.72. The summed E-state index contributed by atoms with van der Waals surface area (Å²) >= 11 is 16.8. The smallest absolute Gasteiger partial charge is 0.144 e. The van der Waals surface area contributed by atoms with E-state index in [1.54, 1.807) is 6.07 Å². The zero-order valence-electron chi connectivity index (χ0n) is 5.94. The molecule has 0 saturated heterocycles. The van der Waals surface area contributed by atoms with Crippen LogP contribution in [0.5, 0.6) is 0 Å². The molecule has 1 heterocycles. The lowest BCUT2D eigenvalue weighted by Crippen LogP contribution is -1.81. The first-order chi connectivity index (χ1) is 5.74. The third-order valence-electron chi connectivity index (χ3n) is 1.10. The molecule has 12 heavy (non-hydrogen) atoms. The van der Waals surface area contributed by atoms with Gasteiger partial charge in [0.1, 0.15) is 5.15 Å². The molecule has 0 aliphatic heterocycles. The molecule has 0 spiro atoms. The lowest BCUT2D eigenvalue weighted by molar-refractivity contribution is 1.31. The van der Waals surface area contributed by atoms with E-state index < -0.39 is 0 Å². The molecule has 0 saturated carbocycles. The van der Waals surface area contributed by atoms with Gasteiger partial charge in [0.15, 0.2) is 0 Å². The number of hydrogen-bond donors (Lipinski definition) is 0. The molecule has 0 radical (unpaired) electrons. The first-order valence-electron chi connectivity index (χ1n) is 3.10. The summed E-state index contributed by atoms with van der Waals surface area (Å²) < 4.78 is 0. The van der Waals surface area contributed by atoms with Gasteiger partial charge in [0.25, 0.3) is 0 Å². The number of aromatic nitrogens is 1. The van der Waals surface area contributed by atoms with Crippen LogP contribution in [0.1, 0.15) is 5.56 Å². The molecule has 0 aliphatic rings. The Hall–Kier alpha value is -0.420. The Kier molecular flexibility index (Phi) is 3.68. The zero-order valence-corrected chi connectivity index (χ0v) is 8.21. The minimum Gasteiger partial charge on any atom is -0.242 e. The highest BCUT2D eigenvalue weighted by Gasteiger charge is 1.98. The lowest BCUT2D eigenvalue weighted by atomic mass is 10.3. The van der Waals surface area contributed by atoms with Gasteiger partial charge in [-0.1, -0.05) is 35.0 Å². The van der Waals surface area contributed by atoms with Crippen LogP contribution in [-0.2, 0) is 0 Å². The summed E-state index contributed by atoms with van der Waals surface area (Å²) in [7, 11) is 0. The minimum atomic E-state index is 0.267. The molecular weight excluding hydrogens is 216 g/mol. The second kappa shape index (κ2) is 4.57. The number of halogens is 3. The molecule has 0 atom stereocenters. The van der Waals surface area contributed by atoms with Crippen LogP contribution in [0.2, 0.25) is 10.2 Å². The Balaban J connectivity index is 3.05. The van der Waals surface area contributed by atoms with Gasteiger partial charge in [-0.3, -0.25) is 0 Å². The molecule has 0 bridgehead atoms. The van der Waals surface area contributed by atoms with Crippen molar-refractivity contribution in [2.45, 2.75) is 0 Å².